The Kier molecular flexibility index (Phi) is 9.42. The summed E-state index contributed by atoms with van der Waals surface area (Å²) in [6.07, 6.45) is 3.67. The quantitative estimate of drug-likeness (QED) is 0.564. The average Bonchev–Trinajstić information content (AvgIpc) is 2.73. The lowest BCUT2D eigenvalue weighted by molar-refractivity contribution is -0.141. The molecule has 0 spiro atoms. The topological polar surface area (TPSA) is 49.4 Å². The van der Waals surface area contributed by atoms with Gasteiger partial charge in [0.1, 0.15) is 6.04 Å². The van der Waals surface area contributed by atoms with E-state index in [0.29, 0.717) is 25.9 Å². The second-order valence-corrected chi connectivity index (χ2v) is 7.61. The van der Waals surface area contributed by atoms with Crippen LogP contribution < -0.4 is 5.32 Å². The van der Waals surface area contributed by atoms with Crippen molar-refractivity contribution in [2.24, 2.45) is 0 Å². The van der Waals surface area contributed by atoms with Gasteiger partial charge in [0.15, 0.2) is 0 Å². The third-order valence-electron chi connectivity index (χ3n) is 5.04. The molecule has 1 atom stereocenters. The lowest BCUT2D eigenvalue weighted by atomic mass is 10.0. The molecule has 2 aromatic carbocycles. The van der Waals surface area contributed by atoms with Crippen LogP contribution in [-0.4, -0.2) is 29.3 Å². The minimum atomic E-state index is -0.519. The van der Waals surface area contributed by atoms with Gasteiger partial charge >= 0.3 is 0 Å². The molecule has 1 N–H and O–H groups in total. The maximum Gasteiger partial charge on any atom is 0.243 e. The SMILES string of the molecule is CCCCNC(=O)C(Cc1ccccc1)N(Cc1ccc(C)cc1)C(=O)CCC. The Labute approximate surface area is 175 Å². The molecule has 0 bridgehead atoms. The normalized spacial score (nSPS) is 11.7. The first kappa shape index (κ1) is 22.7. The van der Waals surface area contributed by atoms with Crippen LogP contribution in [0.2, 0.25) is 0 Å². The van der Waals surface area contributed by atoms with E-state index >= 15 is 0 Å². The summed E-state index contributed by atoms with van der Waals surface area (Å²) in [5.74, 6) is -0.0430. The van der Waals surface area contributed by atoms with Gasteiger partial charge in [0.05, 0.1) is 0 Å². The summed E-state index contributed by atoms with van der Waals surface area (Å²) in [7, 11) is 0. The van der Waals surface area contributed by atoms with E-state index in [1.54, 1.807) is 4.90 Å². The minimum Gasteiger partial charge on any atom is -0.354 e. The fourth-order valence-corrected chi connectivity index (χ4v) is 3.31. The van der Waals surface area contributed by atoms with Crippen molar-refractivity contribution >= 4 is 11.8 Å². The predicted molar refractivity (Wildman–Crippen MR) is 118 cm³/mol. The lowest BCUT2D eigenvalue weighted by Crippen LogP contribution is -2.50. The molecule has 4 heteroatoms. The van der Waals surface area contributed by atoms with Gasteiger partial charge in [-0.05, 0) is 30.9 Å². The number of aryl methyl sites for hydroxylation is 1. The zero-order chi connectivity index (χ0) is 21.1. The monoisotopic (exact) mass is 394 g/mol. The predicted octanol–water partition coefficient (Wildman–Crippen LogP) is 4.65. The first-order chi connectivity index (χ1) is 14.0. The lowest BCUT2D eigenvalue weighted by Gasteiger charge is -2.31. The van der Waals surface area contributed by atoms with Crippen LogP contribution in [0.3, 0.4) is 0 Å². The van der Waals surface area contributed by atoms with Crippen LogP contribution >= 0.6 is 0 Å². The number of carbonyl (C=O) groups excluding carboxylic acids is 2. The maximum absolute atomic E-state index is 13.1. The summed E-state index contributed by atoms with van der Waals surface area (Å²) in [6.45, 7) is 7.22. The number of hydrogen-bond acceptors (Lipinski definition) is 2. The second kappa shape index (κ2) is 12.1. The Morgan fingerprint density at radius 1 is 0.931 bits per heavy atom. The summed E-state index contributed by atoms with van der Waals surface area (Å²) < 4.78 is 0. The molecule has 0 aliphatic rings. The zero-order valence-corrected chi connectivity index (χ0v) is 18.0. The van der Waals surface area contributed by atoms with Gasteiger partial charge in [0.2, 0.25) is 11.8 Å². The van der Waals surface area contributed by atoms with E-state index < -0.39 is 6.04 Å². The molecule has 1 unspecified atom stereocenters. The molecule has 0 aliphatic carbocycles. The molecule has 0 fully saturated rings. The molecule has 0 aliphatic heterocycles. The number of rotatable bonds is 11. The van der Waals surface area contributed by atoms with E-state index in [4.69, 9.17) is 0 Å². The molecule has 29 heavy (non-hydrogen) atoms. The van der Waals surface area contributed by atoms with Crippen molar-refractivity contribution in [3.05, 3.63) is 71.3 Å². The second-order valence-electron chi connectivity index (χ2n) is 7.61. The molecular formula is C25H34N2O2. The molecule has 2 rings (SSSR count). The van der Waals surface area contributed by atoms with Crippen molar-refractivity contribution in [2.45, 2.75) is 65.5 Å². The van der Waals surface area contributed by atoms with Crippen molar-refractivity contribution in [1.29, 1.82) is 0 Å². The van der Waals surface area contributed by atoms with E-state index in [0.717, 1.165) is 30.4 Å². The number of carbonyl (C=O) groups is 2. The number of unbranched alkanes of at least 4 members (excludes halogenated alkanes) is 1. The number of nitrogens with zero attached hydrogens (tertiary/aromatic N) is 1. The molecule has 0 radical (unpaired) electrons. The zero-order valence-electron chi connectivity index (χ0n) is 18.0. The number of nitrogens with one attached hydrogen (secondary N) is 1. The fraction of sp³-hybridized carbons (Fsp3) is 0.440. The summed E-state index contributed by atoms with van der Waals surface area (Å²) in [4.78, 5) is 27.9. The van der Waals surface area contributed by atoms with Crippen LogP contribution in [0.15, 0.2) is 54.6 Å². The highest BCUT2D eigenvalue weighted by atomic mass is 16.2. The standard InChI is InChI=1S/C25H34N2O2/c1-4-6-17-26-25(29)23(18-21-11-8-7-9-12-21)27(24(28)10-5-2)19-22-15-13-20(3)14-16-22/h7-9,11-16,23H,4-6,10,17-19H2,1-3H3,(H,26,29). The highest BCUT2D eigenvalue weighted by Gasteiger charge is 2.29. The first-order valence-corrected chi connectivity index (χ1v) is 10.7. The van der Waals surface area contributed by atoms with E-state index in [2.05, 4.69) is 12.2 Å². The van der Waals surface area contributed by atoms with Crippen LogP contribution in [0.25, 0.3) is 0 Å². The van der Waals surface area contributed by atoms with Gasteiger partial charge in [-0.25, -0.2) is 0 Å². The summed E-state index contributed by atoms with van der Waals surface area (Å²) >= 11 is 0. The molecule has 2 amide bonds. The third-order valence-corrected chi connectivity index (χ3v) is 5.04. The number of hydrogen-bond donors (Lipinski definition) is 1. The highest BCUT2D eigenvalue weighted by molar-refractivity contribution is 5.88. The van der Waals surface area contributed by atoms with Gasteiger partial charge in [0.25, 0.3) is 0 Å². The molecule has 156 valence electrons. The molecule has 0 saturated heterocycles. The summed E-state index contributed by atoms with van der Waals surface area (Å²) in [5, 5.41) is 3.04. The molecule has 0 saturated carbocycles. The van der Waals surface area contributed by atoms with Gasteiger partial charge in [-0.15, -0.1) is 0 Å². The van der Waals surface area contributed by atoms with Crippen molar-refractivity contribution in [3.63, 3.8) is 0 Å². The molecule has 4 nitrogen and oxygen atoms in total. The van der Waals surface area contributed by atoms with E-state index in [1.165, 1.54) is 5.56 Å². The van der Waals surface area contributed by atoms with Crippen molar-refractivity contribution in [3.8, 4) is 0 Å². The Morgan fingerprint density at radius 2 is 1.62 bits per heavy atom. The van der Waals surface area contributed by atoms with Gasteiger partial charge in [-0.1, -0.05) is 80.4 Å². The molecule has 0 aromatic heterocycles. The first-order valence-electron chi connectivity index (χ1n) is 10.7. The van der Waals surface area contributed by atoms with Crippen LogP contribution in [0, 0.1) is 6.92 Å². The Hall–Kier alpha value is -2.62. The smallest absolute Gasteiger partial charge is 0.243 e. The molecule has 0 heterocycles. The van der Waals surface area contributed by atoms with E-state index in [-0.39, 0.29) is 11.8 Å². The van der Waals surface area contributed by atoms with Gasteiger partial charge in [-0.3, -0.25) is 9.59 Å². The third kappa shape index (κ3) is 7.37. The summed E-state index contributed by atoms with van der Waals surface area (Å²) in [5.41, 5.74) is 3.28. The maximum atomic E-state index is 13.1. The Balaban J connectivity index is 2.30. The summed E-state index contributed by atoms with van der Waals surface area (Å²) in [6, 6.07) is 17.6. The number of amides is 2. The van der Waals surface area contributed by atoms with Crippen molar-refractivity contribution < 1.29 is 9.59 Å². The van der Waals surface area contributed by atoms with Crippen molar-refractivity contribution in [2.75, 3.05) is 6.54 Å². The van der Waals surface area contributed by atoms with Crippen LogP contribution in [0.5, 0.6) is 0 Å². The van der Waals surface area contributed by atoms with Gasteiger partial charge in [0, 0.05) is 25.9 Å². The fourth-order valence-electron chi connectivity index (χ4n) is 3.31. The van der Waals surface area contributed by atoms with Crippen LogP contribution in [0.4, 0.5) is 0 Å². The van der Waals surface area contributed by atoms with E-state index in [1.807, 2.05) is 68.4 Å². The Morgan fingerprint density at radius 3 is 2.24 bits per heavy atom. The largest absolute Gasteiger partial charge is 0.354 e. The van der Waals surface area contributed by atoms with Crippen LogP contribution in [-0.2, 0) is 22.6 Å². The average molecular weight is 395 g/mol. The molecule has 2 aromatic rings. The van der Waals surface area contributed by atoms with Gasteiger partial charge < -0.3 is 10.2 Å². The van der Waals surface area contributed by atoms with E-state index in [9.17, 15) is 9.59 Å². The Bertz CT molecular complexity index is 756. The van der Waals surface area contributed by atoms with Crippen molar-refractivity contribution in [1.82, 2.24) is 10.2 Å². The van der Waals surface area contributed by atoms with Gasteiger partial charge in [-0.2, -0.15) is 0 Å². The van der Waals surface area contributed by atoms with Crippen LogP contribution in [0.1, 0.15) is 56.2 Å². The number of benzene rings is 2. The highest BCUT2D eigenvalue weighted by Crippen LogP contribution is 2.17. The minimum absolute atomic E-state index is 0.0275. The molecular weight excluding hydrogens is 360 g/mol.